The Morgan fingerprint density at radius 2 is 2.00 bits per heavy atom. The molecule has 6 heteroatoms. The monoisotopic (exact) mass is 299 g/mol. The highest BCUT2D eigenvalue weighted by molar-refractivity contribution is 5.85. The second-order valence-electron chi connectivity index (χ2n) is 5.21. The number of amides is 1. The van der Waals surface area contributed by atoms with Crippen molar-refractivity contribution in [3.8, 4) is 5.75 Å². The molecule has 5 nitrogen and oxygen atoms in total. The molecule has 1 rings (SSSR count). The third-order valence-electron chi connectivity index (χ3n) is 2.23. The third-order valence-corrected chi connectivity index (χ3v) is 2.23. The topological polar surface area (TPSA) is 50.7 Å². The molecule has 1 aromatic rings. The van der Waals surface area contributed by atoms with Crippen LogP contribution in [-0.2, 0) is 4.79 Å². The quantitative estimate of drug-likeness (QED) is 0.385. The molecule has 0 atom stereocenters. The summed E-state index contributed by atoms with van der Waals surface area (Å²) in [7, 11) is 5.86. The van der Waals surface area contributed by atoms with E-state index in [9.17, 15) is 4.79 Å². The second kappa shape index (κ2) is 8.55. The van der Waals surface area contributed by atoms with Gasteiger partial charge in [-0.2, -0.15) is 5.10 Å². The molecule has 0 aliphatic rings. The first-order valence-corrected chi connectivity index (χ1v) is 6.26. The second-order valence-corrected chi connectivity index (χ2v) is 5.21. The molecule has 0 fully saturated rings. The molecule has 0 spiro atoms. The fourth-order valence-electron chi connectivity index (χ4n) is 1.51. The number of likely N-dealkylation sites (N-methyl/N-ethyl adjacent to an activating group) is 1. The average Bonchev–Trinajstić information content (AvgIpc) is 2.29. The van der Waals surface area contributed by atoms with Gasteiger partial charge in [-0.15, -0.1) is 0 Å². The van der Waals surface area contributed by atoms with Gasteiger partial charge in [0.1, 0.15) is 5.75 Å². The van der Waals surface area contributed by atoms with Crippen molar-refractivity contribution in [2.24, 2.45) is 5.10 Å². The van der Waals surface area contributed by atoms with E-state index in [-0.39, 0.29) is 18.3 Å². The van der Waals surface area contributed by atoms with Crippen molar-refractivity contribution in [3.05, 3.63) is 29.8 Å². The van der Waals surface area contributed by atoms with Gasteiger partial charge in [0.15, 0.2) is 6.54 Å². The summed E-state index contributed by atoms with van der Waals surface area (Å²) in [6, 6.07) is 7.56. The number of carbonyl (C=O) groups is 1. The van der Waals surface area contributed by atoms with E-state index in [1.807, 2.05) is 52.3 Å². The molecule has 0 radical (unpaired) electrons. The van der Waals surface area contributed by atoms with Crippen LogP contribution < -0.4 is 22.6 Å². The number of ether oxygens (including phenoxy) is 1. The van der Waals surface area contributed by atoms with Crippen molar-refractivity contribution in [1.82, 2.24) is 5.43 Å². The van der Waals surface area contributed by atoms with Crippen molar-refractivity contribution >= 4 is 12.1 Å². The standard InChI is InChI=1S/C14H21N3O2.ClH/c1-5-19-13-9-7-6-8-12(13)10-15-16-14(18)11-17(2,3)4;/h6-10H,5,11H2,1-4H3;1H. The first-order valence-electron chi connectivity index (χ1n) is 6.26. The molecular weight excluding hydrogens is 278 g/mol. The molecule has 0 bridgehead atoms. The highest BCUT2D eigenvalue weighted by Gasteiger charge is 2.13. The lowest BCUT2D eigenvalue weighted by molar-refractivity contribution is -0.862. The summed E-state index contributed by atoms with van der Waals surface area (Å²) in [5.74, 6) is 0.646. The fourth-order valence-corrected chi connectivity index (χ4v) is 1.51. The van der Waals surface area contributed by atoms with Gasteiger partial charge in [0, 0.05) is 5.56 Å². The van der Waals surface area contributed by atoms with E-state index < -0.39 is 0 Å². The molecular formula is C14H22ClN3O2. The predicted octanol–water partition coefficient (Wildman–Crippen LogP) is -1.75. The van der Waals surface area contributed by atoms with Crippen molar-refractivity contribution < 1.29 is 26.4 Å². The van der Waals surface area contributed by atoms with Crippen LogP contribution in [0, 0.1) is 0 Å². The number of halogens is 1. The predicted molar refractivity (Wildman–Crippen MR) is 76.2 cm³/mol. The number of rotatable bonds is 6. The van der Waals surface area contributed by atoms with Gasteiger partial charge in [-0.25, -0.2) is 5.43 Å². The molecule has 0 saturated carbocycles. The van der Waals surface area contributed by atoms with Crippen molar-refractivity contribution in [3.63, 3.8) is 0 Å². The minimum Gasteiger partial charge on any atom is -1.00 e. The van der Waals surface area contributed by atoms with Crippen LogP contribution in [-0.4, -0.2) is 50.9 Å². The minimum absolute atomic E-state index is 0. The fraction of sp³-hybridized carbons (Fsp3) is 0.429. The molecule has 20 heavy (non-hydrogen) atoms. The molecule has 1 N–H and O–H groups in total. The minimum atomic E-state index is -0.113. The van der Waals surface area contributed by atoms with E-state index in [1.165, 1.54) is 0 Å². The average molecular weight is 300 g/mol. The van der Waals surface area contributed by atoms with Crippen LogP contribution in [0.3, 0.4) is 0 Å². The van der Waals surface area contributed by atoms with Crippen molar-refractivity contribution in [2.45, 2.75) is 6.92 Å². The summed E-state index contributed by atoms with van der Waals surface area (Å²) in [5.41, 5.74) is 3.36. The number of nitrogens with zero attached hydrogens (tertiary/aromatic N) is 2. The maximum absolute atomic E-state index is 11.6. The summed E-state index contributed by atoms with van der Waals surface area (Å²) >= 11 is 0. The van der Waals surface area contributed by atoms with Crippen LogP contribution in [0.2, 0.25) is 0 Å². The normalized spacial score (nSPS) is 11.0. The van der Waals surface area contributed by atoms with Gasteiger partial charge in [-0.3, -0.25) is 4.79 Å². The highest BCUT2D eigenvalue weighted by Crippen LogP contribution is 2.15. The molecule has 0 heterocycles. The molecule has 1 amide bonds. The zero-order valence-corrected chi connectivity index (χ0v) is 13.1. The molecule has 0 aromatic heterocycles. The number of hydrazone groups is 1. The van der Waals surface area contributed by atoms with Crippen LogP contribution in [0.15, 0.2) is 29.4 Å². The lowest BCUT2D eigenvalue weighted by Crippen LogP contribution is -3.00. The number of hydrogen-bond acceptors (Lipinski definition) is 3. The molecule has 1 aromatic carbocycles. The molecule has 0 saturated heterocycles. The van der Waals surface area contributed by atoms with Crippen molar-refractivity contribution in [1.29, 1.82) is 0 Å². The Morgan fingerprint density at radius 3 is 2.60 bits per heavy atom. The van der Waals surface area contributed by atoms with Gasteiger partial charge >= 0.3 is 0 Å². The molecule has 0 unspecified atom stereocenters. The van der Waals surface area contributed by atoms with Gasteiger partial charge in [0.2, 0.25) is 0 Å². The van der Waals surface area contributed by atoms with Crippen LogP contribution in [0.4, 0.5) is 0 Å². The highest BCUT2D eigenvalue weighted by atomic mass is 35.5. The number of para-hydroxylation sites is 1. The summed E-state index contributed by atoms with van der Waals surface area (Å²) in [4.78, 5) is 11.6. The Bertz CT molecular complexity index is 456. The smallest absolute Gasteiger partial charge is 0.295 e. The van der Waals surface area contributed by atoms with Crippen LogP contribution in [0.5, 0.6) is 5.75 Å². The van der Waals surface area contributed by atoms with E-state index in [2.05, 4.69) is 10.5 Å². The Kier molecular flexibility index (Phi) is 7.87. The maximum Gasteiger partial charge on any atom is 0.295 e. The largest absolute Gasteiger partial charge is 1.00 e. The number of benzene rings is 1. The number of quaternary nitrogens is 1. The summed E-state index contributed by atoms with van der Waals surface area (Å²) in [5, 5.41) is 3.95. The number of carbonyl (C=O) groups excluding carboxylic acids is 1. The lowest BCUT2D eigenvalue weighted by atomic mass is 10.2. The van der Waals surface area contributed by atoms with Gasteiger partial charge in [-0.05, 0) is 19.1 Å². The summed E-state index contributed by atoms with van der Waals surface area (Å²) in [6.45, 7) is 2.90. The number of hydrogen-bond donors (Lipinski definition) is 1. The van der Waals surface area contributed by atoms with Crippen LogP contribution in [0.1, 0.15) is 12.5 Å². The van der Waals surface area contributed by atoms with E-state index in [1.54, 1.807) is 6.21 Å². The summed E-state index contributed by atoms with van der Waals surface area (Å²) in [6.07, 6.45) is 1.60. The van der Waals surface area contributed by atoms with E-state index in [0.717, 1.165) is 11.3 Å². The van der Waals surface area contributed by atoms with E-state index in [4.69, 9.17) is 4.74 Å². The molecule has 112 valence electrons. The Morgan fingerprint density at radius 1 is 1.35 bits per heavy atom. The SMILES string of the molecule is CCOc1ccccc1C=NNC(=O)C[N+](C)(C)C.[Cl-]. The Hall–Kier alpha value is -1.59. The Balaban J connectivity index is 0.00000361. The van der Waals surface area contributed by atoms with Gasteiger partial charge in [-0.1, -0.05) is 12.1 Å². The Labute approximate surface area is 126 Å². The van der Waals surface area contributed by atoms with Gasteiger partial charge in [0.25, 0.3) is 5.91 Å². The zero-order chi connectivity index (χ0) is 14.3. The zero-order valence-electron chi connectivity index (χ0n) is 12.4. The third kappa shape index (κ3) is 7.11. The molecule has 0 aliphatic heterocycles. The van der Waals surface area contributed by atoms with E-state index >= 15 is 0 Å². The lowest BCUT2D eigenvalue weighted by Gasteiger charge is -2.22. The van der Waals surface area contributed by atoms with Gasteiger partial charge < -0.3 is 21.6 Å². The van der Waals surface area contributed by atoms with Crippen molar-refractivity contribution in [2.75, 3.05) is 34.3 Å². The van der Waals surface area contributed by atoms with E-state index in [0.29, 0.717) is 17.6 Å². The number of nitrogens with one attached hydrogen (secondary N) is 1. The maximum atomic E-state index is 11.6. The van der Waals surface area contributed by atoms with Crippen LogP contribution in [0.25, 0.3) is 0 Å². The molecule has 0 aliphatic carbocycles. The summed E-state index contributed by atoms with van der Waals surface area (Å²) < 4.78 is 6.03. The first kappa shape index (κ1) is 18.4. The van der Waals surface area contributed by atoms with Gasteiger partial charge in [0.05, 0.1) is 34.0 Å². The first-order chi connectivity index (χ1) is 8.92. The van der Waals surface area contributed by atoms with Crippen LogP contribution >= 0.6 is 0 Å².